The Morgan fingerprint density at radius 3 is 2.30 bits per heavy atom. The number of para-hydroxylation sites is 1. The summed E-state index contributed by atoms with van der Waals surface area (Å²) >= 11 is 4.95. The van der Waals surface area contributed by atoms with Crippen molar-refractivity contribution in [2.45, 2.75) is 6.17 Å². The molecule has 1 heterocycles. The van der Waals surface area contributed by atoms with Gasteiger partial charge in [0.2, 0.25) is 0 Å². The highest BCUT2D eigenvalue weighted by Crippen LogP contribution is 2.23. The lowest BCUT2D eigenvalue weighted by Crippen LogP contribution is -2.61. The van der Waals surface area contributed by atoms with Crippen molar-refractivity contribution in [2.75, 3.05) is 0 Å². The Balaban J connectivity index is 1.74. The second kappa shape index (κ2) is 5.87. The minimum absolute atomic E-state index is 0.0963. The van der Waals surface area contributed by atoms with Crippen molar-refractivity contribution in [3.05, 3.63) is 60.2 Å². The number of hydrogen-bond acceptors (Lipinski definition) is 4. The fraction of sp³-hybridized carbons (Fsp3) is 0.0714. The van der Waals surface area contributed by atoms with Crippen molar-refractivity contribution >= 4 is 17.3 Å². The summed E-state index contributed by atoms with van der Waals surface area (Å²) in [5, 5.41) is 0.512. The molecule has 5 nitrogen and oxygen atoms in total. The van der Waals surface area contributed by atoms with E-state index in [-0.39, 0.29) is 6.17 Å². The lowest BCUT2D eigenvalue weighted by atomic mass is 10.1. The predicted octanol–water partition coefficient (Wildman–Crippen LogP) is 1.96. The summed E-state index contributed by atoms with van der Waals surface area (Å²) in [5.41, 5.74) is 12.9. The van der Waals surface area contributed by atoms with E-state index in [1.165, 1.54) is 0 Å². The van der Waals surface area contributed by atoms with Gasteiger partial charge in [0.1, 0.15) is 17.7 Å². The summed E-state index contributed by atoms with van der Waals surface area (Å²) in [6.45, 7) is 0. The molecule has 0 bridgehead atoms. The molecule has 102 valence electrons. The van der Waals surface area contributed by atoms with Gasteiger partial charge in [-0.05, 0) is 42.0 Å². The van der Waals surface area contributed by atoms with E-state index >= 15 is 0 Å². The Labute approximate surface area is 122 Å². The summed E-state index contributed by atoms with van der Waals surface area (Å²) in [6.07, 6.45) is -0.0963. The van der Waals surface area contributed by atoms with Gasteiger partial charge in [0.15, 0.2) is 5.11 Å². The van der Waals surface area contributed by atoms with E-state index in [2.05, 4.69) is 21.7 Å². The maximum atomic E-state index is 5.81. The van der Waals surface area contributed by atoms with E-state index < -0.39 is 0 Å². The molecule has 0 aromatic heterocycles. The van der Waals surface area contributed by atoms with Crippen LogP contribution in [-0.4, -0.2) is 5.11 Å². The molecule has 0 unspecified atom stereocenters. The molecular formula is C14H14N4OS. The molecule has 0 radical (unpaired) electrons. The van der Waals surface area contributed by atoms with Gasteiger partial charge >= 0.3 is 0 Å². The van der Waals surface area contributed by atoms with Crippen LogP contribution in [0, 0.1) is 0 Å². The summed E-state index contributed by atoms with van der Waals surface area (Å²) in [5.74, 6) is 1.59. The molecule has 0 saturated carbocycles. The second-order valence-corrected chi connectivity index (χ2v) is 4.70. The topological polar surface area (TPSA) is 57.4 Å². The maximum absolute atomic E-state index is 5.81. The summed E-state index contributed by atoms with van der Waals surface area (Å²) < 4.78 is 5.81. The Hall–Kier alpha value is -2.15. The highest BCUT2D eigenvalue weighted by Gasteiger charge is 2.16. The zero-order valence-corrected chi connectivity index (χ0v) is 11.4. The zero-order chi connectivity index (χ0) is 13.8. The van der Waals surface area contributed by atoms with Gasteiger partial charge in [-0.2, -0.15) is 0 Å². The number of thiocarbonyl (C=S) groups is 1. The quantitative estimate of drug-likeness (QED) is 0.647. The van der Waals surface area contributed by atoms with Crippen LogP contribution in [-0.2, 0) is 0 Å². The van der Waals surface area contributed by atoms with Crippen LogP contribution in [0.2, 0.25) is 0 Å². The Morgan fingerprint density at radius 1 is 0.850 bits per heavy atom. The first-order valence-corrected chi connectivity index (χ1v) is 6.62. The zero-order valence-electron chi connectivity index (χ0n) is 10.6. The number of hydrogen-bond donors (Lipinski definition) is 4. The third-order valence-electron chi connectivity index (χ3n) is 2.83. The normalized spacial score (nSPS) is 15.3. The molecule has 0 amide bonds. The number of nitrogens with one attached hydrogen (secondary N) is 4. The molecular weight excluding hydrogens is 272 g/mol. The average Bonchev–Trinajstić information content (AvgIpc) is 2.49. The third-order valence-corrected chi connectivity index (χ3v) is 3.03. The van der Waals surface area contributed by atoms with Gasteiger partial charge < -0.3 is 4.74 Å². The molecule has 1 aliphatic heterocycles. The first-order chi connectivity index (χ1) is 9.81. The molecule has 1 saturated heterocycles. The summed E-state index contributed by atoms with van der Waals surface area (Å²) in [4.78, 5) is 0. The smallest absolute Gasteiger partial charge is 0.195 e. The lowest BCUT2D eigenvalue weighted by molar-refractivity contribution is 0.361. The van der Waals surface area contributed by atoms with Crippen molar-refractivity contribution in [1.82, 2.24) is 21.7 Å². The van der Waals surface area contributed by atoms with Gasteiger partial charge in [0, 0.05) is 0 Å². The van der Waals surface area contributed by atoms with Crippen molar-refractivity contribution in [3.63, 3.8) is 0 Å². The van der Waals surface area contributed by atoms with E-state index in [1.54, 1.807) is 0 Å². The van der Waals surface area contributed by atoms with Gasteiger partial charge in [-0.1, -0.05) is 30.3 Å². The van der Waals surface area contributed by atoms with Crippen molar-refractivity contribution in [1.29, 1.82) is 0 Å². The minimum Gasteiger partial charge on any atom is -0.457 e. The van der Waals surface area contributed by atoms with Crippen LogP contribution in [0.3, 0.4) is 0 Å². The standard InChI is InChI=1S/C14H14N4OS/c20-14-17-15-13(16-18-14)10-5-4-8-12(9-10)19-11-6-2-1-3-7-11/h1-9,13,15-16H,(H2,17,18,20). The van der Waals surface area contributed by atoms with E-state index in [0.29, 0.717) is 5.11 Å². The van der Waals surface area contributed by atoms with Crippen molar-refractivity contribution in [3.8, 4) is 11.5 Å². The van der Waals surface area contributed by atoms with Gasteiger partial charge in [-0.15, -0.1) is 0 Å². The summed E-state index contributed by atoms with van der Waals surface area (Å²) in [6, 6.07) is 17.5. The van der Waals surface area contributed by atoms with Crippen LogP contribution in [0.5, 0.6) is 11.5 Å². The van der Waals surface area contributed by atoms with Gasteiger partial charge in [-0.25, -0.2) is 10.9 Å². The number of ether oxygens (including phenoxy) is 1. The monoisotopic (exact) mass is 286 g/mol. The number of hydrazine groups is 2. The highest BCUT2D eigenvalue weighted by molar-refractivity contribution is 7.80. The highest BCUT2D eigenvalue weighted by atomic mass is 32.1. The molecule has 0 spiro atoms. The molecule has 1 aliphatic rings. The molecule has 4 N–H and O–H groups in total. The van der Waals surface area contributed by atoms with Crippen LogP contribution in [0.4, 0.5) is 0 Å². The van der Waals surface area contributed by atoms with E-state index in [9.17, 15) is 0 Å². The lowest BCUT2D eigenvalue weighted by Gasteiger charge is -2.28. The van der Waals surface area contributed by atoms with Crippen LogP contribution >= 0.6 is 12.2 Å². The van der Waals surface area contributed by atoms with E-state index in [0.717, 1.165) is 17.1 Å². The molecule has 0 atom stereocenters. The SMILES string of the molecule is S=C1NNC(c2cccc(Oc3ccccc3)c2)NN1. The fourth-order valence-electron chi connectivity index (χ4n) is 1.89. The maximum Gasteiger partial charge on any atom is 0.195 e. The molecule has 0 aliphatic carbocycles. The summed E-state index contributed by atoms with van der Waals surface area (Å²) in [7, 11) is 0. The van der Waals surface area contributed by atoms with E-state index in [4.69, 9.17) is 17.0 Å². The number of benzene rings is 2. The largest absolute Gasteiger partial charge is 0.457 e. The molecule has 2 aromatic rings. The molecule has 20 heavy (non-hydrogen) atoms. The first kappa shape index (κ1) is 12.9. The predicted molar refractivity (Wildman–Crippen MR) is 80.8 cm³/mol. The van der Waals surface area contributed by atoms with Gasteiger partial charge in [0.25, 0.3) is 0 Å². The van der Waals surface area contributed by atoms with Crippen LogP contribution in [0.1, 0.15) is 11.7 Å². The Morgan fingerprint density at radius 2 is 1.55 bits per heavy atom. The fourth-order valence-corrected chi connectivity index (χ4v) is 2.01. The number of rotatable bonds is 3. The Bertz CT molecular complexity index is 595. The first-order valence-electron chi connectivity index (χ1n) is 6.21. The van der Waals surface area contributed by atoms with Crippen molar-refractivity contribution in [2.24, 2.45) is 0 Å². The van der Waals surface area contributed by atoms with Crippen molar-refractivity contribution < 1.29 is 4.74 Å². The van der Waals surface area contributed by atoms with Crippen LogP contribution < -0.4 is 26.4 Å². The average molecular weight is 286 g/mol. The molecule has 1 fully saturated rings. The van der Waals surface area contributed by atoms with Crippen LogP contribution in [0.25, 0.3) is 0 Å². The minimum atomic E-state index is -0.0963. The van der Waals surface area contributed by atoms with Gasteiger partial charge in [-0.3, -0.25) is 10.9 Å². The third kappa shape index (κ3) is 3.05. The van der Waals surface area contributed by atoms with Crippen LogP contribution in [0.15, 0.2) is 54.6 Å². The second-order valence-electron chi connectivity index (χ2n) is 4.29. The molecule has 3 rings (SSSR count). The molecule has 6 heteroatoms. The molecule has 2 aromatic carbocycles. The van der Waals surface area contributed by atoms with Gasteiger partial charge in [0.05, 0.1) is 0 Å². The van der Waals surface area contributed by atoms with E-state index in [1.807, 2.05) is 54.6 Å². The Kier molecular flexibility index (Phi) is 3.78.